The van der Waals surface area contributed by atoms with Crippen molar-refractivity contribution in [2.24, 2.45) is 0 Å². The first-order valence-corrected chi connectivity index (χ1v) is 5.14. The van der Waals surface area contributed by atoms with Gasteiger partial charge in [0.25, 0.3) is 0 Å². The smallest absolute Gasteiger partial charge is 0.198 e. The fourth-order valence-corrected chi connectivity index (χ4v) is 1.28. The predicted octanol–water partition coefficient (Wildman–Crippen LogP) is 0.559. The van der Waals surface area contributed by atoms with Gasteiger partial charge in [-0.05, 0) is 0 Å². The largest absolute Gasteiger partial charge is 0.490 e. The topological polar surface area (TPSA) is 76.5 Å². The predicted molar refractivity (Wildman–Crippen MR) is 60.0 cm³/mol. The molecule has 0 unspecified atom stereocenters. The Morgan fingerprint density at radius 1 is 1.44 bits per heavy atom. The Balaban J connectivity index is 2.44. The van der Waals surface area contributed by atoms with Crippen LogP contribution >= 0.6 is 11.6 Å². The monoisotopic (exact) mass is 247 g/mol. The van der Waals surface area contributed by atoms with E-state index in [4.69, 9.17) is 26.2 Å². The van der Waals surface area contributed by atoms with E-state index in [0.717, 1.165) is 0 Å². The van der Waals surface area contributed by atoms with Crippen molar-refractivity contribution < 1.29 is 14.6 Å². The van der Waals surface area contributed by atoms with Crippen molar-refractivity contribution in [3.8, 4) is 5.75 Å². The van der Waals surface area contributed by atoms with Gasteiger partial charge in [-0.25, -0.2) is 9.97 Å². The third kappa shape index (κ3) is 3.80. The van der Waals surface area contributed by atoms with Crippen molar-refractivity contribution in [2.45, 2.75) is 0 Å². The maximum atomic E-state index is 8.50. The normalized spacial score (nSPS) is 10.2. The number of aromatic nitrogens is 2. The quantitative estimate of drug-likeness (QED) is 0.542. The minimum absolute atomic E-state index is 0.0165. The number of ether oxygens (including phenoxy) is 2. The number of methoxy groups -OCH3 is 1. The summed E-state index contributed by atoms with van der Waals surface area (Å²) in [5.74, 6) is 0.932. The number of anilines is 1. The maximum absolute atomic E-state index is 8.50. The van der Waals surface area contributed by atoms with Crippen molar-refractivity contribution in [3.63, 3.8) is 0 Å². The molecule has 1 rings (SSSR count). The van der Waals surface area contributed by atoms with Crippen LogP contribution in [0.5, 0.6) is 5.75 Å². The van der Waals surface area contributed by atoms with E-state index in [1.807, 2.05) is 0 Å². The molecule has 0 radical (unpaired) electrons. The molecule has 1 aromatic rings. The van der Waals surface area contributed by atoms with E-state index in [-0.39, 0.29) is 11.8 Å². The number of hydrogen-bond donors (Lipinski definition) is 2. The number of hydrogen-bond acceptors (Lipinski definition) is 6. The highest BCUT2D eigenvalue weighted by Gasteiger charge is 2.08. The number of halogens is 1. The van der Waals surface area contributed by atoms with E-state index >= 15 is 0 Å². The highest BCUT2D eigenvalue weighted by Crippen LogP contribution is 2.27. The summed E-state index contributed by atoms with van der Waals surface area (Å²) in [5, 5.41) is 11.8. The van der Waals surface area contributed by atoms with Gasteiger partial charge in [-0.2, -0.15) is 0 Å². The Kier molecular flexibility index (Phi) is 5.84. The van der Waals surface area contributed by atoms with E-state index in [1.165, 1.54) is 13.4 Å². The first-order chi connectivity index (χ1) is 7.79. The van der Waals surface area contributed by atoms with Crippen LogP contribution < -0.4 is 10.1 Å². The molecule has 0 aliphatic rings. The first kappa shape index (κ1) is 13.0. The van der Waals surface area contributed by atoms with Crippen molar-refractivity contribution in [3.05, 3.63) is 11.5 Å². The lowest BCUT2D eigenvalue weighted by Crippen LogP contribution is -2.13. The van der Waals surface area contributed by atoms with E-state index < -0.39 is 0 Å². The third-order valence-electron chi connectivity index (χ3n) is 1.74. The van der Waals surface area contributed by atoms with Gasteiger partial charge in [0.1, 0.15) is 6.33 Å². The molecule has 1 heterocycles. The lowest BCUT2D eigenvalue weighted by molar-refractivity contribution is 0.0991. The average molecular weight is 248 g/mol. The van der Waals surface area contributed by atoms with E-state index in [2.05, 4.69) is 15.3 Å². The Bertz CT molecular complexity index is 325. The number of aliphatic hydroxyl groups excluding tert-OH is 1. The van der Waals surface area contributed by atoms with Crippen LogP contribution in [-0.4, -0.2) is 48.5 Å². The van der Waals surface area contributed by atoms with Crippen LogP contribution in [0, 0.1) is 0 Å². The zero-order chi connectivity index (χ0) is 11.8. The zero-order valence-electron chi connectivity index (χ0n) is 8.94. The summed E-state index contributed by atoms with van der Waals surface area (Å²) in [6.45, 7) is 1.35. The van der Waals surface area contributed by atoms with Crippen LogP contribution in [0.1, 0.15) is 0 Å². The number of aliphatic hydroxyl groups is 1. The molecule has 0 amide bonds. The molecule has 6 nitrogen and oxygen atoms in total. The van der Waals surface area contributed by atoms with Crippen LogP contribution in [0.15, 0.2) is 6.33 Å². The summed E-state index contributed by atoms with van der Waals surface area (Å²) >= 11 is 5.81. The first-order valence-electron chi connectivity index (χ1n) is 4.76. The zero-order valence-corrected chi connectivity index (χ0v) is 9.70. The van der Waals surface area contributed by atoms with Gasteiger partial charge in [-0.3, -0.25) is 0 Å². The van der Waals surface area contributed by atoms with E-state index in [1.54, 1.807) is 0 Å². The Labute approximate surface area is 98.6 Å². The van der Waals surface area contributed by atoms with Crippen molar-refractivity contribution in [1.29, 1.82) is 0 Å². The highest BCUT2D eigenvalue weighted by molar-refractivity contribution is 6.31. The van der Waals surface area contributed by atoms with Gasteiger partial charge in [0.05, 0.1) is 26.9 Å². The molecule has 7 heteroatoms. The molecule has 0 saturated carbocycles. The summed E-state index contributed by atoms with van der Waals surface area (Å²) in [4.78, 5) is 7.78. The summed E-state index contributed by atoms with van der Waals surface area (Å²) in [6.07, 6.45) is 1.35. The van der Waals surface area contributed by atoms with Crippen LogP contribution in [0.4, 0.5) is 5.82 Å². The number of nitrogens with zero attached hydrogens (tertiary/aromatic N) is 2. The molecule has 90 valence electrons. The van der Waals surface area contributed by atoms with Gasteiger partial charge >= 0.3 is 0 Å². The molecule has 0 spiro atoms. The van der Waals surface area contributed by atoms with Gasteiger partial charge < -0.3 is 19.9 Å². The molecule has 16 heavy (non-hydrogen) atoms. The molecule has 0 aliphatic heterocycles. The molecular formula is C9H14ClN3O3. The fourth-order valence-electron chi connectivity index (χ4n) is 1.07. The van der Waals surface area contributed by atoms with Gasteiger partial charge in [0, 0.05) is 6.54 Å². The molecule has 0 aliphatic carbocycles. The molecule has 0 aromatic carbocycles. The van der Waals surface area contributed by atoms with Gasteiger partial charge in [0.15, 0.2) is 16.7 Å². The molecule has 1 aromatic heterocycles. The second-order valence-electron chi connectivity index (χ2n) is 2.81. The van der Waals surface area contributed by atoms with E-state index in [9.17, 15) is 0 Å². The summed E-state index contributed by atoms with van der Waals surface area (Å²) in [7, 11) is 1.50. The molecule has 0 fully saturated rings. The number of rotatable bonds is 7. The summed E-state index contributed by atoms with van der Waals surface area (Å²) in [6, 6.07) is 0. The lowest BCUT2D eigenvalue weighted by atomic mass is 10.5. The minimum atomic E-state index is 0.0165. The van der Waals surface area contributed by atoms with Crippen molar-refractivity contribution in [1.82, 2.24) is 9.97 Å². The van der Waals surface area contributed by atoms with Crippen LogP contribution in [0.3, 0.4) is 0 Å². The minimum Gasteiger partial charge on any atom is -0.490 e. The third-order valence-corrected chi connectivity index (χ3v) is 2.01. The average Bonchev–Trinajstić information content (AvgIpc) is 2.29. The fraction of sp³-hybridized carbons (Fsp3) is 0.556. The molecule has 0 saturated heterocycles. The SMILES string of the molecule is COc1c(Cl)ncnc1NCCOCCO. The van der Waals surface area contributed by atoms with Crippen LogP contribution in [-0.2, 0) is 4.74 Å². The van der Waals surface area contributed by atoms with Gasteiger partial charge in [0.2, 0.25) is 0 Å². The van der Waals surface area contributed by atoms with Crippen LogP contribution in [0.2, 0.25) is 5.15 Å². The molecular weight excluding hydrogens is 234 g/mol. The van der Waals surface area contributed by atoms with E-state index in [0.29, 0.717) is 31.3 Å². The van der Waals surface area contributed by atoms with Crippen molar-refractivity contribution >= 4 is 17.4 Å². The van der Waals surface area contributed by atoms with Gasteiger partial charge in [-0.15, -0.1) is 0 Å². The second kappa shape index (κ2) is 7.21. The summed E-state index contributed by atoms with van der Waals surface area (Å²) < 4.78 is 10.1. The summed E-state index contributed by atoms with van der Waals surface area (Å²) in [5.41, 5.74) is 0. The highest BCUT2D eigenvalue weighted by atomic mass is 35.5. The maximum Gasteiger partial charge on any atom is 0.198 e. The second-order valence-corrected chi connectivity index (χ2v) is 3.17. The molecule has 2 N–H and O–H groups in total. The standard InChI is InChI=1S/C9H14ClN3O3/c1-15-7-8(10)12-6-13-9(7)11-2-4-16-5-3-14/h6,14H,2-5H2,1H3,(H,11,12,13). The Hall–Kier alpha value is -1.11. The molecule has 0 bridgehead atoms. The number of nitrogens with one attached hydrogen (secondary N) is 1. The Morgan fingerprint density at radius 3 is 2.94 bits per heavy atom. The van der Waals surface area contributed by atoms with Crippen LogP contribution in [0.25, 0.3) is 0 Å². The Morgan fingerprint density at radius 2 is 2.25 bits per heavy atom. The van der Waals surface area contributed by atoms with Gasteiger partial charge in [-0.1, -0.05) is 11.6 Å². The molecule has 0 atom stereocenters. The van der Waals surface area contributed by atoms with Crippen molar-refractivity contribution in [2.75, 3.05) is 38.8 Å². The lowest BCUT2D eigenvalue weighted by Gasteiger charge is -2.10.